The summed E-state index contributed by atoms with van der Waals surface area (Å²) in [6.07, 6.45) is 1.71. The van der Waals surface area contributed by atoms with Gasteiger partial charge >= 0.3 is 5.97 Å². The minimum absolute atomic E-state index is 0.00324. The number of hydrogen-bond acceptors (Lipinski definition) is 4. The second-order valence-corrected chi connectivity index (χ2v) is 8.91. The summed E-state index contributed by atoms with van der Waals surface area (Å²) in [7, 11) is -3.53. The number of carbonyl (C=O) groups excluding carboxylic acids is 1. The zero-order valence-electron chi connectivity index (χ0n) is 13.4. The van der Waals surface area contributed by atoms with E-state index in [9.17, 15) is 13.2 Å². The summed E-state index contributed by atoms with van der Waals surface area (Å²) in [5.41, 5.74) is 0.174. The molecule has 1 saturated heterocycles. The van der Waals surface area contributed by atoms with Gasteiger partial charge in [0.05, 0.1) is 20.5 Å². The van der Waals surface area contributed by atoms with Gasteiger partial charge < -0.3 is 4.74 Å². The largest absolute Gasteiger partial charge is 0.420 e. The first-order valence-corrected chi connectivity index (χ1v) is 10.3. The molecule has 1 aliphatic heterocycles. The smallest absolute Gasteiger partial charge is 0.343 e. The monoisotopic (exact) mass is 433 g/mol. The second-order valence-electron chi connectivity index (χ2n) is 5.72. The molecule has 0 amide bonds. The number of hydrogen-bond donors (Lipinski definition) is 0. The van der Waals surface area contributed by atoms with E-state index in [-0.39, 0.29) is 26.3 Å². The molecule has 9 heteroatoms. The van der Waals surface area contributed by atoms with E-state index >= 15 is 0 Å². The Kier molecular flexibility index (Phi) is 5.79. The maximum atomic E-state index is 12.5. The zero-order chi connectivity index (χ0) is 18.9. The van der Waals surface area contributed by atoms with Crippen molar-refractivity contribution in [1.82, 2.24) is 4.31 Å². The molecule has 26 heavy (non-hydrogen) atoms. The highest BCUT2D eigenvalue weighted by molar-refractivity contribution is 7.89. The number of esters is 1. The maximum Gasteiger partial charge on any atom is 0.343 e. The van der Waals surface area contributed by atoms with Crippen LogP contribution in [-0.2, 0) is 10.0 Å². The molecule has 2 aromatic carbocycles. The number of rotatable bonds is 4. The van der Waals surface area contributed by atoms with Crippen LogP contribution in [0.2, 0.25) is 15.1 Å². The lowest BCUT2D eigenvalue weighted by atomic mass is 10.2. The van der Waals surface area contributed by atoms with Gasteiger partial charge in [0.15, 0.2) is 5.75 Å². The Morgan fingerprint density at radius 2 is 1.50 bits per heavy atom. The fourth-order valence-electron chi connectivity index (χ4n) is 2.62. The fraction of sp³-hybridized carbons (Fsp3) is 0.235. The van der Waals surface area contributed by atoms with Crippen LogP contribution in [0.5, 0.6) is 5.75 Å². The van der Waals surface area contributed by atoms with Crippen molar-refractivity contribution in [2.75, 3.05) is 13.1 Å². The number of nitrogens with zero attached hydrogens (tertiary/aromatic N) is 1. The van der Waals surface area contributed by atoms with E-state index in [1.807, 2.05) is 0 Å². The quantitative estimate of drug-likeness (QED) is 0.519. The van der Waals surface area contributed by atoms with Gasteiger partial charge in [0.1, 0.15) is 0 Å². The van der Waals surface area contributed by atoms with Gasteiger partial charge in [-0.25, -0.2) is 13.2 Å². The van der Waals surface area contributed by atoms with Crippen LogP contribution in [0, 0.1) is 0 Å². The van der Waals surface area contributed by atoms with Gasteiger partial charge in [-0.05, 0) is 49.2 Å². The molecule has 0 aliphatic carbocycles. The molecule has 138 valence electrons. The lowest BCUT2D eigenvalue weighted by molar-refractivity contribution is 0.0735. The van der Waals surface area contributed by atoms with Crippen LogP contribution < -0.4 is 4.74 Å². The van der Waals surface area contributed by atoms with Gasteiger partial charge in [-0.15, -0.1) is 0 Å². The van der Waals surface area contributed by atoms with Crippen molar-refractivity contribution in [1.29, 1.82) is 0 Å². The molecule has 5 nitrogen and oxygen atoms in total. The number of sulfonamides is 1. The van der Waals surface area contributed by atoms with Crippen LogP contribution in [-0.4, -0.2) is 31.8 Å². The minimum atomic E-state index is -3.53. The van der Waals surface area contributed by atoms with E-state index in [2.05, 4.69) is 0 Å². The van der Waals surface area contributed by atoms with E-state index in [1.54, 1.807) is 0 Å². The van der Waals surface area contributed by atoms with Gasteiger partial charge in [0, 0.05) is 18.1 Å². The van der Waals surface area contributed by atoms with Gasteiger partial charge in [-0.2, -0.15) is 4.31 Å². The van der Waals surface area contributed by atoms with Crippen molar-refractivity contribution in [3.05, 3.63) is 57.0 Å². The van der Waals surface area contributed by atoms with Crippen molar-refractivity contribution in [3.63, 3.8) is 0 Å². The Hall–Kier alpha value is -1.31. The van der Waals surface area contributed by atoms with E-state index in [4.69, 9.17) is 39.5 Å². The molecule has 0 aromatic heterocycles. The normalized spacial score (nSPS) is 15.2. The molecule has 0 saturated carbocycles. The average molecular weight is 435 g/mol. The van der Waals surface area contributed by atoms with E-state index in [1.165, 1.54) is 40.7 Å². The van der Waals surface area contributed by atoms with Gasteiger partial charge in [-0.1, -0.05) is 34.8 Å². The molecule has 0 radical (unpaired) electrons. The fourth-order valence-corrected chi connectivity index (χ4v) is 5.03. The summed E-state index contributed by atoms with van der Waals surface area (Å²) >= 11 is 17.8. The van der Waals surface area contributed by atoms with Crippen molar-refractivity contribution < 1.29 is 17.9 Å². The van der Waals surface area contributed by atoms with E-state index in [0.29, 0.717) is 18.1 Å². The Morgan fingerprint density at radius 3 is 2.04 bits per heavy atom. The lowest BCUT2D eigenvalue weighted by Gasteiger charge is -2.15. The Balaban J connectivity index is 1.79. The summed E-state index contributed by atoms with van der Waals surface area (Å²) in [4.78, 5) is 12.4. The first-order chi connectivity index (χ1) is 12.3. The third kappa shape index (κ3) is 4.00. The third-order valence-corrected chi connectivity index (χ3v) is 6.64. The molecule has 0 spiro atoms. The minimum Gasteiger partial charge on any atom is -0.420 e. The predicted molar refractivity (Wildman–Crippen MR) is 101 cm³/mol. The van der Waals surface area contributed by atoms with Gasteiger partial charge in [-0.3, -0.25) is 0 Å². The van der Waals surface area contributed by atoms with Crippen molar-refractivity contribution in [3.8, 4) is 5.75 Å². The summed E-state index contributed by atoms with van der Waals surface area (Å²) in [5, 5.41) is 0.518. The summed E-state index contributed by atoms with van der Waals surface area (Å²) in [5.74, 6) is -0.710. The van der Waals surface area contributed by atoms with Crippen LogP contribution in [0.1, 0.15) is 23.2 Å². The van der Waals surface area contributed by atoms with Crippen LogP contribution in [0.4, 0.5) is 0 Å². The molecule has 3 rings (SSSR count). The highest BCUT2D eigenvalue weighted by atomic mass is 35.5. The van der Waals surface area contributed by atoms with Crippen LogP contribution in [0.25, 0.3) is 0 Å². The molecule has 2 aromatic rings. The van der Waals surface area contributed by atoms with Crippen LogP contribution >= 0.6 is 34.8 Å². The van der Waals surface area contributed by atoms with Crippen LogP contribution in [0.15, 0.2) is 41.3 Å². The zero-order valence-corrected chi connectivity index (χ0v) is 16.5. The van der Waals surface area contributed by atoms with E-state index < -0.39 is 16.0 Å². The maximum absolute atomic E-state index is 12.5. The molecule has 1 heterocycles. The molecule has 0 bridgehead atoms. The van der Waals surface area contributed by atoms with Crippen molar-refractivity contribution in [2.24, 2.45) is 0 Å². The Bertz CT molecular complexity index is 916. The van der Waals surface area contributed by atoms with Gasteiger partial charge in [0.25, 0.3) is 0 Å². The topological polar surface area (TPSA) is 63.7 Å². The predicted octanol–water partition coefficient (Wildman–Crippen LogP) is 4.65. The first kappa shape index (κ1) is 19.5. The molecule has 0 unspecified atom stereocenters. The highest BCUT2D eigenvalue weighted by Crippen LogP contribution is 2.36. The second kappa shape index (κ2) is 7.74. The Morgan fingerprint density at radius 1 is 0.962 bits per heavy atom. The molecular weight excluding hydrogens is 421 g/mol. The first-order valence-electron chi connectivity index (χ1n) is 7.76. The number of halogens is 3. The molecule has 1 fully saturated rings. The van der Waals surface area contributed by atoms with Crippen LogP contribution in [0.3, 0.4) is 0 Å². The summed E-state index contributed by atoms with van der Waals surface area (Å²) < 4.78 is 31.6. The van der Waals surface area contributed by atoms with Crippen molar-refractivity contribution in [2.45, 2.75) is 17.7 Å². The molecule has 0 N–H and O–H groups in total. The number of ether oxygens (including phenoxy) is 1. The summed E-state index contributed by atoms with van der Waals surface area (Å²) in [6, 6.07) is 8.36. The SMILES string of the molecule is O=C(Oc1c(Cl)cc(Cl)cc1Cl)c1ccc(S(=O)(=O)N2CCCC2)cc1. The third-order valence-electron chi connectivity index (χ3n) is 3.95. The molecule has 0 atom stereocenters. The molecule has 1 aliphatic rings. The lowest BCUT2D eigenvalue weighted by Crippen LogP contribution is -2.27. The number of carbonyl (C=O) groups is 1. The Labute approximate surface area is 166 Å². The van der Waals surface area contributed by atoms with Gasteiger partial charge in [0.2, 0.25) is 10.0 Å². The standard InChI is InChI=1S/C17H14Cl3NO4S/c18-12-9-14(19)16(15(20)10-12)25-17(22)11-3-5-13(6-4-11)26(23,24)21-7-1-2-8-21/h3-6,9-10H,1-2,7-8H2. The average Bonchev–Trinajstić information content (AvgIpc) is 3.13. The highest BCUT2D eigenvalue weighted by Gasteiger charge is 2.27. The van der Waals surface area contributed by atoms with E-state index in [0.717, 1.165) is 12.8 Å². The summed E-state index contributed by atoms with van der Waals surface area (Å²) in [6.45, 7) is 1.03. The number of benzene rings is 2. The van der Waals surface area contributed by atoms with Crippen molar-refractivity contribution >= 4 is 50.8 Å². The molecular formula is C17H14Cl3NO4S.